The quantitative estimate of drug-likeness (QED) is 0.0424. The topological polar surface area (TPSA) is 321 Å². The molecule has 0 heterocycles. The lowest BCUT2D eigenvalue weighted by atomic mass is 10.0. The largest absolute Gasteiger partial charge is 0.481 e. The smallest absolute Gasteiger partial charge is 0.303 e. The number of benzene rings is 3. The van der Waals surface area contributed by atoms with E-state index in [1.807, 2.05) is 0 Å². The number of amides is 7. The molecule has 0 aliphatic rings. The Labute approximate surface area is 354 Å². The van der Waals surface area contributed by atoms with Crippen LogP contribution < -0.4 is 49.5 Å². The predicted octanol–water partition coefficient (Wildman–Crippen LogP) is -0.790. The third kappa shape index (κ3) is 18.0. The highest BCUT2D eigenvalue weighted by molar-refractivity contribution is 5.97. The monoisotopic (exact) mass is 843 g/mol. The molecule has 0 aliphatic heterocycles. The molecule has 0 fully saturated rings. The van der Waals surface area contributed by atoms with Crippen molar-refractivity contribution in [2.45, 2.75) is 100 Å². The van der Waals surface area contributed by atoms with Gasteiger partial charge in [0.15, 0.2) is 0 Å². The van der Waals surface area contributed by atoms with Gasteiger partial charge in [0.1, 0.15) is 30.2 Å². The molecule has 0 unspecified atom stereocenters. The summed E-state index contributed by atoms with van der Waals surface area (Å²) in [7, 11) is 0. The number of hydrogen-bond acceptors (Lipinski definition) is 10. The lowest BCUT2D eigenvalue weighted by Gasteiger charge is -2.27. The molecule has 0 radical (unpaired) electrons. The molecule has 18 nitrogen and oxygen atoms in total. The number of nitrogens with one attached hydrogen (secondary N) is 5. The average molecular weight is 844 g/mol. The Bertz CT molecular complexity index is 1920. The Morgan fingerprint density at radius 3 is 1.26 bits per heavy atom. The number of nitrogens with two attached hydrogens (primary N) is 4. The van der Waals surface area contributed by atoms with Gasteiger partial charge in [-0.25, -0.2) is 0 Å². The van der Waals surface area contributed by atoms with Crippen LogP contribution in [0.15, 0.2) is 91.0 Å². The summed E-state index contributed by atoms with van der Waals surface area (Å²) in [6.07, 6.45) is -0.264. The predicted molar refractivity (Wildman–Crippen MR) is 225 cm³/mol. The number of unbranched alkanes of at least 4 members (excludes halogenated alkanes) is 1. The molecule has 3 aromatic carbocycles. The van der Waals surface area contributed by atoms with Crippen LogP contribution in [0.5, 0.6) is 0 Å². The summed E-state index contributed by atoms with van der Waals surface area (Å²) in [5, 5.41) is 22.4. The van der Waals surface area contributed by atoms with Gasteiger partial charge < -0.3 is 54.6 Å². The van der Waals surface area contributed by atoms with E-state index in [1.165, 1.54) is 0 Å². The Morgan fingerprint density at radius 2 is 0.852 bits per heavy atom. The van der Waals surface area contributed by atoms with Crippen molar-refractivity contribution in [3.63, 3.8) is 0 Å². The molecule has 61 heavy (non-hydrogen) atoms. The second-order valence-corrected chi connectivity index (χ2v) is 14.6. The van der Waals surface area contributed by atoms with Crippen LogP contribution in [0.25, 0.3) is 0 Å². The zero-order valence-electron chi connectivity index (χ0n) is 33.9. The highest BCUT2D eigenvalue weighted by atomic mass is 16.4. The molecule has 6 atom stereocenters. The van der Waals surface area contributed by atoms with Gasteiger partial charge in [0, 0.05) is 25.7 Å². The lowest BCUT2D eigenvalue weighted by molar-refractivity contribution is -0.138. The van der Waals surface area contributed by atoms with Gasteiger partial charge >= 0.3 is 5.97 Å². The van der Waals surface area contributed by atoms with Crippen molar-refractivity contribution < 1.29 is 43.5 Å². The van der Waals surface area contributed by atoms with Gasteiger partial charge in [0.2, 0.25) is 41.4 Å². The first-order valence-electron chi connectivity index (χ1n) is 20.1. The number of hydrogen-bond donors (Lipinski definition) is 10. The molecular formula is C43H57N9O9. The van der Waals surface area contributed by atoms with E-state index in [1.54, 1.807) is 91.0 Å². The SMILES string of the molecule is NCCCC[C@H](NC(=O)[C@H](Cc1ccccc1)NC(=O)[C@H](CCC(N)=O)NC(=O)[C@H](Cc1ccccc1)NC(=O)[C@H](CCC(=O)O)NC(=O)[C@@H](N)Cc1ccccc1)C(N)=O. The maximum atomic E-state index is 14.2. The fourth-order valence-corrected chi connectivity index (χ4v) is 6.32. The summed E-state index contributed by atoms with van der Waals surface area (Å²) in [6.45, 7) is 0.367. The Kier molecular flexibility index (Phi) is 20.6. The van der Waals surface area contributed by atoms with Crippen molar-refractivity contribution in [1.82, 2.24) is 26.6 Å². The number of carboxylic acids is 1. The zero-order chi connectivity index (χ0) is 44.7. The number of carboxylic acid groups (broad SMARTS) is 1. The van der Waals surface area contributed by atoms with E-state index in [4.69, 9.17) is 22.9 Å². The number of carbonyl (C=O) groups is 8. The standard InChI is InChI=1S/C43H57N9O9/c44-23-11-10-18-31(38(47)56)48-42(60)34(25-28-14-6-2-7-15-28)51-40(58)32(19-21-36(46)53)50-43(61)35(26-29-16-8-3-9-17-29)52-41(59)33(20-22-37(54)55)49-39(57)30(45)24-27-12-4-1-5-13-27/h1-9,12-17,30-35H,10-11,18-26,44-45H2,(H2,46,53)(H2,47,56)(H,48,60)(H,49,57)(H,50,61)(H,51,58)(H,52,59)(H,54,55)/t30-,31-,32-,33-,34-,35-/m0/s1. The number of primary amides is 2. The first-order valence-corrected chi connectivity index (χ1v) is 20.1. The molecule has 0 saturated carbocycles. The molecule has 0 spiro atoms. The lowest BCUT2D eigenvalue weighted by Crippen LogP contribution is -2.60. The van der Waals surface area contributed by atoms with E-state index >= 15 is 0 Å². The Hall–Kier alpha value is -6.66. The molecule has 0 aromatic heterocycles. The summed E-state index contributed by atoms with van der Waals surface area (Å²) in [4.78, 5) is 105. The van der Waals surface area contributed by atoms with E-state index in [0.29, 0.717) is 30.5 Å². The van der Waals surface area contributed by atoms with Crippen LogP contribution in [0.3, 0.4) is 0 Å². The number of rotatable bonds is 27. The Balaban J connectivity index is 1.89. The summed E-state index contributed by atoms with van der Waals surface area (Å²) in [5.41, 5.74) is 24.7. The van der Waals surface area contributed by atoms with Crippen molar-refractivity contribution in [2.24, 2.45) is 22.9 Å². The second kappa shape index (κ2) is 25.7. The van der Waals surface area contributed by atoms with E-state index in [0.717, 1.165) is 5.56 Å². The van der Waals surface area contributed by atoms with E-state index in [-0.39, 0.29) is 44.9 Å². The van der Waals surface area contributed by atoms with E-state index < -0.39 is 90.0 Å². The van der Waals surface area contributed by atoms with Crippen molar-refractivity contribution in [1.29, 1.82) is 0 Å². The number of aliphatic carboxylic acids is 1. The fraction of sp³-hybridized carbons (Fsp3) is 0.395. The van der Waals surface area contributed by atoms with Crippen LogP contribution in [0.1, 0.15) is 61.6 Å². The van der Waals surface area contributed by atoms with Crippen LogP contribution in [0.2, 0.25) is 0 Å². The van der Waals surface area contributed by atoms with Gasteiger partial charge in [-0.3, -0.25) is 38.4 Å². The second-order valence-electron chi connectivity index (χ2n) is 14.6. The highest BCUT2D eigenvalue weighted by Crippen LogP contribution is 2.11. The first kappa shape index (κ1) is 48.7. The summed E-state index contributed by atoms with van der Waals surface area (Å²) in [5.74, 6) is -6.94. The minimum Gasteiger partial charge on any atom is -0.481 e. The van der Waals surface area contributed by atoms with Crippen molar-refractivity contribution in [3.8, 4) is 0 Å². The molecule has 18 heteroatoms. The minimum atomic E-state index is -1.48. The molecular weight excluding hydrogens is 787 g/mol. The third-order valence-electron chi connectivity index (χ3n) is 9.67. The molecule has 14 N–H and O–H groups in total. The molecule has 3 aromatic rings. The molecule has 0 saturated heterocycles. The van der Waals surface area contributed by atoms with Gasteiger partial charge in [-0.15, -0.1) is 0 Å². The van der Waals surface area contributed by atoms with Gasteiger partial charge in [-0.1, -0.05) is 91.0 Å². The van der Waals surface area contributed by atoms with Crippen LogP contribution in [-0.4, -0.2) is 95.2 Å². The average Bonchev–Trinajstić information content (AvgIpc) is 3.23. The summed E-state index contributed by atoms with van der Waals surface area (Å²) < 4.78 is 0. The maximum Gasteiger partial charge on any atom is 0.303 e. The van der Waals surface area contributed by atoms with Crippen molar-refractivity contribution >= 4 is 47.3 Å². The first-order chi connectivity index (χ1) is 29.2. The van der Waals surface area contributed by atoms with Gasteiger partial charge in [-0.05, 0) is 61.8 Å². The van der Waals surface area contributed by atoms with Crippen molar-refractivity contribution in [2.75, 3.05) is 6.54 Å². The van der Waals surface area contributed by atoms with Gasteiger partial charge in [-0.2, -0.15) is 0 Å². The normalized spacial score (nSPS) is 13.8. The summed E-state index contributed by atoms with van der Waals surface area (Å²) in [6, 6.07) is 18.4. The van der Waals surface area contributed by atoms with Crippen molar-refractivity contribution in [3.05, 3.63) is 108 Å². The highest BCUT2D eigenvalue weighted by Gasteiger charge is 2.33. The Morgan fingerprint density at radius 1 is 0.475 bits per heavy atom. The molecule has 0 aliphatic carbocycles. The maximum absolute atomic E-state index is 14.2. The van der Waals surface area contributed by atoms with Gasteiger partial charge in [0.05, 0.1) is 6.04 Å². The van der Waals surface area contributed by atoms with Crippen LogP contribution >= 0.6 is 0 Å². The fourth-order valence-electron chi connectivity index (χ4n) is 6.32. The molecule has 3 rings (SSSR count). The van der Waals surface area contributed by atoms with Crippen LogP contribution in [0, 0.1) is 0 Å². The van der Waals surface area contributed by atoms with Crippen LogP contribution in [-0.2, 0) is 57.6 Å². The third-order valence-corrected chi connectivity index (χ3v) is 9.67. The molecule has 0 bridgehead atoms. The van der Waals surface area contributed by atoms with E-state index in [2.05, 4.69) is 26.6 Å². The molecule has 7 amide bonds. The minimum absolute atomic E-state index is 0.0334. The van der Waals surface area contributed by atoms with E-state index in [9.17, 15) is 43.5 Å². The molecule has 328 valence electrons. The summed E-state index contributed by atoms with van der Waals surface area (Å²) >= 11 is 0. The zero-order valence-corrected chi connectivity index (χ0v) is 33.9. The number of carbonyl (C=O) groups excluding carboxylic acids is 7. The van der Waals surface area contributed by atoms with Crippen LogP contribution in [0.4, 0.5) is 0 Å². The van der Waals surface area contributed by atoms with Gasteiger partial charge in [0.25, 0.3) is 0 Å².